The van der Waals surface area contributed by atoms with E-state index in [1.807, 2.05) is 0 Å². The largest absolute Gasteiger partial charge is 0.490 e. The van der Waals surface area contributed by atoms with Crippen LogP contribution in [0.25, 0.3) is 0 Å². The maximum Gasteiger partial charge on any atom is 0.311 e. The maximum atomic E-state index is 10.9. The van der Waals surface area contributed by atoms with Gasteiger partial charge in [0.1, 0.15) is 0 Å². The summed E-state index contributed by atoms with van der Waals surface area (Å²) in [4.78, 5) is 12.7. The molecule has 0 aromatic heterocycles. The van der Waals surface area contributed by atoms with Crippen LogP contribution < -0.4 is 9.64 Å². The Balaban J connectivity index is 1.86. The standard InChI is InChI=1S/C15H20N2O4/c1-21-14-7-12(5-6-13(14)17(19)20)16-8-10-3-2-4-11(9-16)15(10)18/h5-7,10-11,15,18H,2-4,8-9H2,1H3. The summed E-state index contributed by atoms with van der Waals surface area (Å²) in [5, 5.41) is 21.2. The van der Waals surface area contributed by atoms with E-state index in [9.17, 15) is 15.2 Å². The topological polar surface area (TPSA) is 75.8 Å². The minimum atomic E-state index is -0.433. The molecule has 114 valence electrons. The van der Waals surface area contributed by atoms with Crippen molar-refractivity contribution in [2.24, 2.45) is 11.8 Å². The van der Waals surface area contributed by atoms with Crippen molar-refractivity contribution in [1.82, 2.24) is 0 Å². The molecule has 1 saturated carbocycles. The predicted octanol–water partition coefficient (Wildman–Crippen LogP) is 2.20. The zero-order valence-electron chi connectivity index (χ0n) is 12.1. The summed E-state index contributed by atoms with van der Waals surface area (Å²) in [6.07, 6.45) is 3.09. The Morgan fingerprint density at radius 2 is 2.00 bits per heavy atom. The van der Waals surface area contributed by atoms with E-state index >= 15 is 0 Å². The summed E-state index contributed by atoms with van der Waals surface area (Å²) in [6, 6.07) is 4.99. The summed E-state index contributed by atoms with van der Waals surface area (Å²) in [5.74, 6) is 0.895. The highest BCUT2D eigenvalue weighted by molar-refractivity contribution is 5.59. The summed E-state index contributed by atoms with van der Waals surface area (Å²) in [6.45, 7) is 1.61. The van der Waals surface area contributed by atoms with Crippen molar-refractivity contribution in [2.45, 2.75) is 25.4 Å². The van der Waals surface area contributed by atoms with Crippen LogP contribution in [0.2, 0.25) is 0 Å². The minimum absolute atomic E-state index is 0.0153. The maximum absolute atomic E-state index is 10.9. The van der Waals surface area contributed by atoms with Crippen molar-refractivity contribution in [3.8, 4) is 5.75 Å². The van der Waals surface area contributed by atoms with Crippen LogP contribution >= 0.6 is 0 Å². The highest BCUT2D eigenvalue weighted by Gasteiger charge is 2.38. The Morgan fingerprint density at radius 3 is 2.57 bits per heavy atom. The molecule has 1 N–H and O–H groups in total. The van der Waals surface area contributed by atoms with Gasteiger partial charge in [0.05, 0.1) is 18.1 Å². The molecule has 1 aromatic carbocycles. The lowest BCUT2D eigenvalue weighted by atomic mass is 9.75. The highest BCUT2D eigenvalue weighted by atomic mass is 16.6. The number of nitro groups is 1. The van der Waals surface area contributed by atoms with E-state index in [1.165, 1.54) is 19.6 Å². The van der Waals surface area contributed by atoms with Crippen molar-refractivity contribution >= 4 is 11.4 Å². The van der Waals surface area contributed by atoms with Crippen molar-refractivity contribution in [3.05, 3.63) is 28.3 Å². The molecule has 6 heteroatoms. The number of piperidine rings is 1. The second kappa shape index (κ2) is 5.52. The van der Waals surface area contributed by atoms with E-state index in [0.29, 0.717) is 11.8 Å². The Bertz CT molecular complexity index is 534. The van der Waals surface area contributed by atoms with E-state index in [1.54, 1.807) is 12.1 Å². The lowest BCUT2D eigenvalue weighted by Gasteiger charge is -2.46. The van der Waals surface area contributed by atoms with E-state index in [-0.39, 0.29) is 17.5 Å². The SMILES string of the molecule is COc1cc(N2CC3CCCC(C2)C3O)ccc1[N+](=O)[O-]. The number of nitrogens with zero attached hydrogens (tertiary/aromatic N) is 2. The number of methoxy groups -OCH3 is 1. The Labute approximate surface area is 123 Å². The number of rotatable bonds is 3. The van der Waals surface area contributed by atoms with Crippen molar-refractivity contribution in [1.29, 1.82) is 0 Å². The number of nitro benzene ring substituents is 1. The zero-order chi connectivity index (χ0) is 15.0. The first-order valence-electron chi connectivity index (χ1n) is 7.35. The molecule has 0 spiro atoms. The Morgan fingerprint density at radius 1 is 1.33 bits per heavy atom. The van der Waals surface area contributed by atoms with E-state index in [4.69, 9.17) is 4.74 Å². The average Bonchev–Trinajstić information content (AvgIpc) is 2.46. The second-order valence-corrected chi connectivity index (χ2v) is 5.96. The normalized spacial score (nSPS) is 28.3. The summed E-state index contributed by atoms with van der Waals surface area (Å²) in [5.41, 5.74) is 0.916. The van der Waals surface area contributed by atoms with E-state index in [2.05, 4.69) is 4.90 Å². The number of benzene rings is 1. The second-order valence-electron chi connectivity index (χ2n) is 5.96. The summed E-state index contributed by atoms with van der Waals surface area (Å²) < 4.78 is 5.14. The van der Waals surface area contributed by atoms with Crippen LogP contribution in [0.5, 0.6) is 5.75 Å². The van der Waals surface area contributed by atoms with Crippen LogP contribution in [0.4, 0.5) is 11.4 Å². The summed E-state index contributed by atoms with van der Waals surface area (Å²) in [7, 11) is 1.45. The third-order valence-corrected chi connectivity index (χ3v) is 4.75. The molecule has 1 aliphatic heterocycles. The molecule has 0 radical (unpaired) electrons. The fourth-order valence-corrected chi connectivity index (χ4v) is 3.63. The molecule has 2 fully saturated rings. The molecule has 1 saturated heterocycles. The van der Waals surface area contributed by atoms with Crippen molar-refractivity contribution in [2.75, 3.05) is 25.1 Å². The number of ether oxygens (including phenoxy) is 1. The molecule has 1 heterocycles. The van der Waals surface area contributed by atoms with Gasteiger partial charge in [0.25, 0.3) is 0 Å². The molecule has 3 rings (SSSR count). The number of hydrogen-bond acceptors (Lipinski definition) is 5. The smallest absolute Gasteiger partial charge is 0.311 e. The quantitative estimate of drug-likeness (QED) is 0.682. The van der Waals surface area contributed by atoms with Crippen LogP contribution in [0.3, 0.4) is 0 Å². The minimum Gasteiger partial charge on any atom is -0.490 e. The van der Waals surface area contributed by atoms with E-state index < -0.39 is 4.92 Å². The highest BCUT2D eigenvalue weighted by Crippen LogP contribution is 2.38. The first-order chi connectivity index (χ1) is 10.1. The van der Waals surface area contributed by atoms with Crippen LogP contribution in [0.1, 0.15) is 19.3 Å². The number of aliphatic hydroxyl groups excluding tert-OH is 1. The Kier molecular flexibility index (Phi) is 3.71. The van der Waals surface area contributed by atoms with Gasteiger partial charge < -0.3 is 14.7 Å². The molecule has 2 atom stereocenters. The molecule has 1 aromatic rings. The first kappa shape index (κ1) is 14.1. The average molecular weight is 292 g/mol. The third-order valence-electron chi connectivity index (χ3n) is 4.75. The molecule has 1 aliphatic carbocycles. The van der Waals surface area contributed by atoms with Crippen molar-refractivity contribution < 1.29 is 14.8 Å². The number of hydrogen-bond donors (Lipinski definition) is 1. The molecular weight excluding hydrogens is 272 g/mol. The Hall–Kier alpha value is -1.82. The molecule has 2 aliphatic rings. The van der Waals surface area contributed by atoms with Gasteiger partial charge in [-0.15, -0.1) is 0 Å². The van der Waals surface area contributed by atoms with Crippen LogP contribution in [0, 0.1) is 22.0 Å². The van der Waals surface area contributed by atoms with Gasteiger partial charge in [0.2, 0.25) is 0 Å². The molecule has 0 amide bonds. The number of anilines is 1. The van der Waals surface area contributed by atoms with Crippen molar-refractivity contribution in [3.63, 3.8) is 0 Å². The molecule has 6 nitrogen and oxygen atoms in total. The van der Waals surface area contributed by atoms with E-state index in [0.717, 1.165) is 31.6 Å². The molecule has 2 bridgehead atoms. The van der Waals surface area contributed by atoms with Gasteiger partial charge in [-0.1, -0.05) is 6.42 Å². The van der Waals surface area contributed by atoms with Gasteiger partial charge in [-0.3, -0.25) is 10.1 Å². The number of aliphatic hydroxyl groups is 1. The fourth-order valence-electron chi connectivity index (χ4n) is 3.63. The van der Waals surface area contributed by atoms with Crippen LogP contribution in [-0.2, 0) is 0 Å². The summed E-state index contributed by atoms with van der Waals surface area (Å²) >= 11 is 0. The van der Waals surface area contributed by atoms with Gasteiger partial charge in [-0.2, -0.15) is 0 Å². The fraction of sp³-hybridized carbons (Fsp3) is 0.600. The van der Waals surface area contributed by atoms with Crippen LogP contribution in [0.15, 0.2) is 18.2 Å². The van der Waals surface area contributed by atoms with Gasteiger partial charge >= 0.3 is 5.69 Å². The van der Waals surface area contributed by atoms with Gasteiger partial charge in [0.15, 0.2) is 5.75 Å². The number of fused-ring (bicyclic) bond motifs is 2. The lowest BCUT2D eigenvalue weighted by molar-refractivity contribution is -0.385. The molecule has 21 heavy (non-hydrogen) atoms. The zero-order valence-corrected chi connectivity index (χ0v) is 12.1. The van der Waals surface area contributed by atoms with Gasteiger partial charge in [-0.25, -0.2) is 0 Å². The van der Waals surface area contributed by atoms with Gasteiger partial charge in [-0.05, 0) is 18.9 Å². The monoisotopic (exact) mass is 292 g/mol. The first-order valence-corrected chi connectivity index (χ1v) is 7.35. The molecular formula is C15H20N2O4. The predicted molar refractivity (Wildman–Crippen MR) is 78.7 cm³/mol. The van der Waals surface area contributed by atoms with Crippen LogP contribution in [-0.4, -0.2) is 36.3 Å². The molecule has 2 unspecified atom stereocenters. The third kappa shape index (κ3) is 2.55. The lowest BCUT2D eigenvalue weighted by Crippen LogP contribution is -2.51. The van der Waals surface area contributed by atoms with Gasteiger partial charge in [0, 0.05) is 42.7 Å².